The molecule has 1 spiro atoms. The molecule has 3 aliphatic rings. The van der Waals surface area contributed by atoms with Gasteiger partial charge in [0, 0.05) is 26.2 Å². The number of hydrogen-bond donors (Lipinski definition) is 1. The summed E-state index contributed by atoms with van der Waals surface area (Å²) in [6.45, 7) is 5.42. The van der Waals surface area contributed by atoms with Gasteiger partial charge in [0.25, 0.3) is 0 Å². The summed E-state index contributed by atoms with van der Waals surface area (Å²) < 4.78 is 0. The second-order valence-electron chi connectivity index (χ2n) is 10.3. The molecule has 2 heterocycles. The molecule has 1 aromatic carbocycles. The second-order valence-corrected chi connectivity index (χ2v) is 10.3. The van der Waals surface area contributed by atoms with E-state index >= 15 is 0 Å². The first-order valence-corrected chi connectivity index (χ1v) is 13.2. The number of piperidine rings is 1. The summed E-state index contributed by atoms with van der Waals surface area (Å²) >= 11 is 0. The van der Waals surface area contributed by atoms with Gasteiger partial charge in [-0.25, -0.2) is 0 Å². The summed E-state index contributed by atoms with van der Waals surface area (Å²) in [6.07, 6.45) is 14.9. The third kappa shape index (κ3) is 6.23. The Morgan fingerprint density at radius 1 is 1.06 bits per heavy atom. The lowest BCUT2D eigenvalue weighted by atomic mass is 9.79. The Balaban J connectivity index is 0.00000324. The number of hydrogen-bond acceptors (Lipinski definition) is 3. The normalized spacial score (nSPS) is 23.8. The van der Waals surface area contributed by atoms with Gasteiger partial charge >= 0.3 is 0 Å². The lowest BCUT2D eigenvalue weighted by molar-refractivity contribution is -0.161. The second kappa shape index (κ2) is 12.7. The molecule has 2 aliphatic heterocycles. The number of unbranched alkanes of at least 4 members (excludes halogenated alkanes) is 1. The molecular formula is C28H42ClN3O2. The number of nitrogens with zero attached hydrogens (tertiary/aromatic N) is 2. The zero-order valence-electron chi connectivity index (χ0n) is 20.7. The summed E-state index contributed by atoms with van der Waals surface area (Å²) in [5.41, 5.74) is 0.549. The van der Waals surface area contributed by atoms with Gasteiger partial charge in [-0.3, -0.25) is 14.5 Å². The smallest absolute Gasteiger partial charge is 0.246 e. The highest BCUT2D eigenvalue weighted by molar-refractivity contribution is 6.00. The number of amides is 2. The van der Waals surface area contributed by atoms with Crippen LogP contribution in [0.2, 0.25) is 0 Å². The van der Waals surface area contributed by atoms with Gasteiger partial charge in [0.05, 0.1) is 0 Å². The van der Waals surface area contributed by atoms with Crippen LogP contribution in [-0.4, -0.2) is 59.4 Å². The van der Waals surface area contributed by atoms with E-state index in [1.807, 2.05) is 11.0 Å². The number of piperazine rings is 1. The van der Waals surface area contributed by atoms with Crippen LogP contribution in [0.4, 0.5) is 0 Å². The van der Waals surface area contributed by atoms with Gasteiger partial charge in [-0.1, -0.05) is 87.9 Å². The topological polar surface area (TPSA) is 52.7 Å². The van der Waals surface area contributed by atoms with Crippen LogP contribution in [0.25, 0.3) is 6.08 Å². The van der Waals surface area contributed by atoms with Crippen molar-refractivity contribution in [1.82, 2.24) is 15.1 Å². The third-order valence-corrected chi connectivity index (χ3v) is 7.99. The first-order chi connectivity index (χ1) is 16.1. The molecule has 0 radical (unpaired) electrons. The number of benzene rings is 1. The SMILES string of the molecule is CCCCN1C(=O)C(CC2CCCCC2)NC(=O)C12CCN(CC=Cc1ccccc1)CC2.Cl. The minimum atomic E-state index is -0.658. The Hall–Kier alpha value is -1.85. The zero-order chi connectivity index (χ0) is 23.1. The quantitative estimate of drug-likeness (QED) is 0.558. The third-order valence-electron chi connectivity index (χ3n) is 7.99. The number of halogens is 1. The molecule has 2 saturated heterocycles. The largest absolute Gasteiger partial charge is 0.342 e. The highest BCUT2D eigenvalue weighted by Gasteiger charge is 2.53. The minimum absolute atomic E-state index is 0. The molecule has 6 heteroatoms. The van der Waals surface area contributed by atoms with Crippen molar-refractivity contribution in [3.8, 4) is 0 Å². The van der Waals surface area contributed by atoms with Crippen molar-refractivity contribution in [2.45, 2.75) is 82.7 Å². The van der Waals surface area contributed by atoms with E-state index in [2.05, 4.69) is 53.6 Å². The van der Waals surface area contributed by atoms with E-state index in [1.54, 1.807) is 0 Å². The van der Waals surface area contributed by atoms with Crippen LogP contribution in [0.1, 0.15) is 76.7 Å². The molecule has 34 heavy (non-hydrogen) atoms. The summed E-state index contributed by atoms with van der Waals surface area (Å²) in [5.74, 6) is 0.845. The molecule has 5 nitrogen and oxygen atoms in total. The lowest BCUT2D eigenvalue weighted by Crippen LogP contribution is -2.73. The highest BCUT2D eigenvalue weighted by Crippen LogP contribution is 2.36. The van der Waals surface area contributed by atoms with E-state index in [0.717, 1.165) is 51.7 Å². The van der Waals surface area contributed by atoms with Gasteiger partial charge < -0.3 is 10.2 Å². The molecule has 1 saturated carbocycles. The van der Waals surface area contributed by atoms with E-state index < -0.39 is 5.54 Å². The van der Waals surface area contributed by atoms with Gasteiger partial charge in [-0.05, 0) is 37.2 Å². The van der Waals surface area contributed by atoms with Crippen molar-refractivity contribution < 1.29 is 9.59 Å². The molecule has 0 aromatic heterocycles. The molecule has 1 aromatic rings. The summed E-state index contributed by atoms with van der Waals surface area (Å²) in [6, 6.07) is 10.0. The number of likely N-dealkylation sites (tertiary alicyclic amines) is 1. The van der Waals surface area contributed by atoms with Crippen LogP contribution in [0.15, 0.2) is 36.4 Å². The van der Waals surface area contributed by atoms with Gasteiger partial charge in [0.15, 0.2) is 0 Å². The fraction of sp³-hybridized carbons (Fsp3) is 0.643. The fourth-order valence-electron chi connectivity index (χ4n) is 5.94. The molecule has 1 unspecified atom stereocenters. The Morgan fingerprint density at radius 3 is 2.44 bits per heavy atom. The Labute approximate surface area is 211 Å². The zero-order valence-corrected chi connectivity index (χ0v) is 21.5. The van der Waals surface area contributed by atoms with Crippen LogP contribution in [0.5, 0.6) is 0 Å². The molecule has 1 atom stereocenters. The van der Waals surface area contributed by atoms with Crippen LogP contribution in [-0.2, 0) is 9.59 Å². The van der Waals surface area contributed by atoms with Crippen molar-refractivity contribution in [3.63, 3.8) is 0 Å². The molecule has 1 N–H and O–H groups in total. The van der Waals surface area contributed by atoms with Gasteiger partial charge in [-0.15, -0.1) is 12.4 Å². The average Bonchev–Trinajstić information content (AvgIpc) is 2.85. The van der Waals surface area contributed by atoms with E-state index in [4.69, 9.17) is 0 Å². The summed E-state index contributed by atoms with van der Waals surface area (Å²) in [5, 5.41) is 3.20. The monoisotopic (exact) mass is 487 g/mol. The predicted octanol–water partition coefficient (Wildman–Crippen LogP) is 5.05. The van der Waals surface area contributed by atoms with Crippen molar-refractivity contribution in [1.29, 1.82) is 0 Å². The van der Waals surface area contributed by atoms with E-state index in [-0.39, 0.29) is 30.3 Å². The first kappa shape index (κ1) is 26.7. The maximum atomic E-state index is 13.6. The number of carbonyl (C=O) groups is 2. The van der Waals surface area contributed by atoms with E-state index in [0.29, 0.717) is 12.5 Å². The number of nitrogens with one attached hydrogen (secondary N) is 1. The summed E-state index contributed by atoms with van der Waals surface area (Å²) in [7, 11) is 0. The Morgan fingerprint density at radius 2 is 1.76 bits per heavy atom. The molecule has 2 amide bonds. The van der Waals surface area contributed by atoms with E-state index in [1.165, 1.54) is 37.7 Å². The van der Waals surface area contributed by atoms with Crippen molar-refractivity contribution in [2.75, 3.05) is 26.2 Å². The Kier molecular flexibility index (Phi) is 10.0. The van der Waals surface area contributed by atoms with Gasteiger partial charge in [-0.2, -0.15) is 0 Å². The molecular weight excluding hydrogens is 446 g/mol. The van der Waals surface area contributed by atoms with Gasteiger partial charge in [0.2, 0.25) is 11.8 Å². The van der Waals surface area contributed by atoms with Crippen LogP contribution >= 0.6 is 12.4 Å². The number of rotatable bonds is 8. The predicted molar refractivity (Wildman–Crippen MR) is 141 cm³/mol. The van der Waals surface area contributed by atoms with E-state index in [9.17, 15) is 9.59 Å². The standard InChI is InChI=1S/C28H41N3O2.ClH/c1-2-3-19-31-26(32)25(22-24-13-8-5-9-14-24)29-27(33)28(31)16-20-30(21-17-28)18-10-15-23-11-6-4-7-12-23;/h4,6-7,10-12,15,24-25H,2-3,5,8-9,13-14,16-22H2,1H3,(H,29,33);1H. The maximum Gasteiger partial charge on any atom is 0.246 e. The highest BCUT2D eigenvalue weighted by atomic mass is 35.5. The molecule has 188 valence electrons. The average molecular weight is 488 g/mol. The lowest BCUT2D eigenvalue weighted by Gasteiger charge is -2.52. The van der Waals surface area contributed by atoms with Crippen molar-refractivity contribution in [3.05, 3.63) is 42.0 Å². The van der Waals surface area contributed by atoms with Crippen molar-refractivity contribution in [2.24, 2.45) is 5.92 Å². The van der Waals surface area contributed by atoms with Crippen LogP contribution < -0.4 is 5.32 Å². The molecule has 3 fully saturated rings. The van der Waals surface area contributed by atoms with Crippen molar-refractivity contribution >= 4 is 30.3 Å². The van der Waals surface area contributed by atoms with Crippen LogP contribution in [0.3, 0.4) is 0 Å². The minimum Gasteiger partial charge on any atom is -0.342 e. The number of carbonyl (C=O) groups excluding carboxylic acids is 2. The van der Waals surface area contributed by atoms with Crippen LogP contribution in [0, 0.1) is 5.92 Å². The fourth-order valence-corrected chi connectivity index (χ4v) is 5.94. The summed E-state index contributed by atoms with van der Waals surface area (Å²) in [4.78, 5) is 31.5. The molecule has 1 aliphatic carbocycles. The maximum absolute atomic E-state index is 13.6. The Bertz CT molecular complexity index is 814. The first-order valence-electron chi connectivity index (χ1n) is 13.2. The molecule has 4 rings (SSSR count). The van der Waals surface area contributed by atoms with Gasteiger partial charge in [0.1, 0.15) is 11.6 Å². The molecule has 0 bridgehead atoms.